The van der Waals surface area contributed by atoms with E-state index in [-0.39, 0.29) is 18.2 Å². The monoisotopic (exact) mass is 343 g/mol. The molecule has 1 saturated heterocycles. The summed E-state index contributed by atoms with van der Waals surface area (Å²) in [6, 6.07) is 9.23. The summed E-state index contributed by atoms with van der Waals surface area (Å²) in [6.45, 7) is 3.82. The van der Waals surface area contributed by atoms with E-state index >= 15 is 0 Å². The molecule has 0 saturated carbocycles. The van der Waals surface area contributed by atoms with Crippen molar-refractivity contribution in [3.63, 3.8) is 0 Å². The molecule has 2 aromatic rings. The molecule has 0 N–H and O–H groups in total. The van der Waals surface area contributed by atoms with Crippen LogP contribution < -0.4 is 4.74 Å². The highest BCUT2D eigenvalue weighted by molar-refractivity contribution is 5.79. The van der Waals surface area contributed by atoms with E-state index in [4.69, 9.17) is 9.26 Å². The minimum Gasteiger partial charge on any atom is -0.497 e. The number of benzene rings is 1. The van der Waals surface area contributed by atoms with Gasteiger partial charge in [0.15, 0.2) is 5.76 Å². The number of ether oxygens (including phenoxy) is 1. The van der Waals surface area contributed by atoms with Crippen molar-refractivity contribution in [1.82, 2.24) is 15.0 Å². The lowest BCUT2D eigenvalue weighted by molar-refractivity contribution is -0.138. The predicted molar refractivity (Wildman–Crippen MR) is 91.0 cm³/mol. The first-order chi connectivity index (χ1) is 12.1. The third-order valence-corrected chi connectivity index (χ3v) is 4.34. The lowest BCUT2D eigenvalue weighted by atomic mass is 10.1. The van der Waals surface area contributed by atoms with Crippen LogP contribution in [0.3, 0.4) is 0 Å². The maximum absolute atomic E-state index is 12.4. The zero-order valence-electron chi connectivity index (χ0n) is 14.4. The summed E-state index contributed by atoms with van der Waals surface area (Å²) in [4.78, 5) is 27.3. The summed E-state index contributed by atoms with van der Waals surface area (Å²) in [5, 5.41) is 3.99. The molecule has 7 nitrogen and oxygen atoms in total. The third kappa shape index (κ3) is 3.99. The van der Waals surface area contributed by atoms with Crippen molar-refractivity contribution < 1.29 is 18.8 Å². The highest BCUT2D eigenvalue weighted by Gasteiger charge is 2.23. The van der Waals surface area contributed by atoms with Gasteiger partial charge in [-0.3, -0.25) is 9.59 Å². The Morgan fingerprint density at radius 2 is 1.76 bits per heavy atom. The molecule has 132 valence electrons. The van der Waals surface area contributed by atoms with E-state index in [0.29, 0.717) is 37.6 Å². The van der Waals surface area contributed by atoms with Crippen LogP contribution in [0.15, 0.2) is 34.9 Å². The number of piperazine rings is 1. The standard InChI is InChI=1S/C18H21N3O4/c1-13(22)20-7-9-21(10-8-20)18(23)12-15-11-17(25-19-15)14-3-5-16(24-2)6-4-14/h3-6,11H,7-10,12H2,1-2H3. The Balaban J connectivity index is 1.59. The van der Waals surface area contributed by atoms with Crippen LogP contribution in [0.25, 0.3) is 11.3 Å². The Bertz CT molecular complexity index is 746. The fourth-order valence-electron chi connectivity index (χ4n) is 2.82. The van der Waals surface area contributed by atoms with Crippen molar-refractivity contribution in [1.29, 1.82) is 0 Å². The third-order valence-electron chi connectivity index (χ3n) is 4.34. The average Bonchev–Trinajstić information content (AvgIpc) is 3.10. The Hall–Kier alpha value is -2.83. The lowest BCUT2D eigenvalue weighted by Gasteiger charge is -2.34. The van der Waals surface area contributed by atoms with Gasteiger partial charge in [0, 0.05) is 44.7 Å². The summed E-state index contributed by atoms with van der Waals surface area (Å²) in [7, 11) is 1.61. The van der Waals surface area contributed by atoms with Crippen LogP contribution in [-0.4, -0.2) is 60.1 Å². The van der Waals surface area contributed by atoms with Gasteiger partial charge < -0.3 is 19.1 Å². The Labute approximate surface area is 146 Å². The molecule has 0 unspecified atom stereocenters. The number of amides is 2. The largest absolute Gasteiger partial charge is 0.497 e. The maximum atomic E-state index is 12.4. The van der Waals surface area contributed by atoms with E-state index in [0.717, 1.165) is 11.3 Å². The molecule has 0 spiro atoms. The van der Waals surface area contributed by atoms with Crippen LogP contribution in [-0.2, 0) is 16.0 Å². The number of hydrogen-bond acceptors (Lipinski definition) is 5. The first kappa shape index (κ1) is 17.0. The molecule has 1 aromatic heterocycles. The van der Waals surface area contributed by atoms with Crippen molar-refractivity contribution in [2.75, 3.05) is 33.3 Å². The van der Waals surface area contributed by atoms with Crippen molar-refractivity contribution in [2.45, 2.75) is 13.3 Å². The molecule has 2 heterocycles. The molecule has 25 heavy (non-hydrogen) atoms. The number of nitrogens with zero attached hydrogens (tertiary/aromatic N) is 3. The van der Waals surface area contributed by atoms with Gasteiger partial charge in [0.2, 0.25) is 11.8 Å². The van der Waals surface area contributed by atoms with Crippen molar-refractivity contribution >= 4 is 11.8 Å². The smallest absolute Gasteiger partial charge is 0.228 e. The van der Waals surface area contributed by atoms with Crippen LogP contribution >= 0.6 is 0 Å². The van der Waals surface area contributed by atoms with Gasteiger partial charge >= 0.3 is 0 Å². The van der Waals surface area contributed by atoms with Gasteiger partial charge in [0.05, 0.1) is 19.2 Å². The van der Waals surface area contributed by atoms with E-state index in [1.165, 1.54) is 0 Å². The quantitative estimate of drug-likeness (QED) is 0.842. The van der Waals surface area contributed by atoms with Gasteiger partial charge in [-0.05, 0) is 24.3 Å². The normalized spacial score (nSPS) is 14.5. The fourth-order valence-corrected chi connectivity index (χ4v) is 2.82. The second-order valence-corrected chi connectivity index (χ2v) is 5.97. The van der Waals surface area contributed by atoms with Gasteiger partial charge in [-0.25, -0.2) is 0 Å². The Morgan fingerprint density at radius 3 is 2.36 bits per heavy atom. The summed E-state index contributed by atoms with van der Waals surface area (Å²) in [5.74, 6) is 1.43. The van der Waals surface area contributed by atoms with E-state index in [1.54, 1.807) is 29.9 Å². The molecule has 3 rings (SSSR count). The minimum absolute atomic E-state index is 0.00205. The molecule has 1 fully saturated rings. The number of hydrogen-bond donors (Lipinski definition) is 0. The first-order valence-corrected chi connectivity index (χ1v) is 8.20. The molecule has 1 aromatic carbocycles. The van der Waals surface area contributed by atoms with Gasteiger partial charge in [-0.1, -0.05) is 5.16 Å². The predicted octanol–water partition coefficient (Wildman–Crippen LogP) is 1.58. The van der Waals surface area contributed by atoms with Gasteiger partial charge in [-0.2, -0.15) is 0 Å². The number of rotatable bonds is 4. The lowest BCUT2D eigenvalue weighted by Crippen LogP contribution is -2.50. The van der Waals surface area contributed by atoms with E-state index in [1.807, 2.05) is 24.3 Å². The molecule has 0 aliphatic carbocycles. The Kier molecular flexibility index (Phi) is 5.02. The van der Waals surface area contributed by atoms with E-state index < -0.39 is 0 Å². The second kappa shape index (κ2) is 7.38. The summed E-state index contributed by atoms with van der Waals surface area (Å²) < 4.78 is 10.5. The van der Waals surface area contributed by atoms with E-state index in [2.05, 4.69) is 5.16 Å². The fraction of sp³-hybridized carbons (Fsp3) is 0.389. The van der Waals surface area contributed by atoms with Crippen LogP contribution in [0.1, 0.15) is 12.6 Å². The maximum Gasteiger partial charge on any atom is 0.228 e. The van der Waals surface area contributed by atoms with Crippen molar-refractivity contribution in [3.05, 3.63) is 36.0 Å². The van der Waals surface area contributed by atoms with Gasteiger partial charge in [0.25, 0.3) is 0 Å². The molecule has 0 bridgehead atoms. The number of carbonyl (C=O) groups is 2. The number of carbonyl (C=O) groups excluding carboxylic acids is 2. The van der Waals surface area contributed by atoms with Gasteiger partial charge in [-0.15, -0.1) is 0 Å². The van der Waals surface area contributed by atoms with Crippen molar-refractivity contribution in [3.8, 4) is 17.1 Å². The molecule has 2 amide bonds. The molecule has 7 heteroatoms. The molecule has 1 aliphatic rings. The summed E-state index contributed by atoms with van der Waals surface area (Å²) in [6.07, 6.45) is 0.194. The molecular weight excluding hydrogens is 322 g/mol. The van der Waals surface area contributed by atoms with Gasteiger partial charge in [0.1, 0.15) is 5.75 Å². The SMILES string of the molecule is COc1ccc(-c2cc(CC(=O)N3CCN(C(C)=O)CC3)no2)cc1. The van der Waals surface area contributed by atoms with Crippen LogP contribution in [0.4, 0.5) is 0 Å². The first-order valence-electron chi connectivity index (χ1n) is 8.20. The topological polar surface area (TPSA) is 75.9 Å². The summed E-state index contributed by atoms with van der Waals surface area (Å²) >= 11 is 0. The summed E-state index contributed by atoms with van der Waals surface area (Å²) in [5.41, 5.74) is 1.48. The van der Waals surface area contributed by atoms with Crippen LogP contribution in [0.5, 0.6) is 5.75 Å². The molecule has 0 atom stereocenters. The Morgan fingerprint density at radius 1 is 1.12 bits per heavy atom. The molecule has 1 aliphatic heterocycles. The molecular formula is C18H21N3O4. The number of aromatic nitrogens is 1. The van der Waals surface area contributed by atoms with Crippen molar-refractivity contribution in [2.24, 2.45) is 0 Å². The minimum atomic E-state index is -0.00205. The molecule has 0 radical (unpaired) electrons. The zero-order valence-corrected chi connectivity index (χ0v) is 14.4. The van der Waals surface area contributed by atoms with Crippen LogP contribution in [0, 0.1) is 0 Å². The number of methoxy groups -OCH3 is 1. The zero-order chi connectivity index (χ0) is 17.8. The second-order valence-electron chi connectivity index (χ2n) is 5.97. The highest BCUT2D eigenvalue weighted by Crippen LogP contribution is 2.23. The average molecular weight is 343 g/mol. The van der Waals surface area contributed by atoms with Crippen LogP contribution in [0.2, 0.25) is 0 Å². The van der Waals surface area contributed by atoms with E-state index in [9.17, 15) is 9.59 Å². The highest BCUT2D eigenvalue weighted by atomic mass is 16.5.